The maximum absolute atomic E-state index is 12.4. The van der Waals surface area contributed by atoms with Crippen molar-refractivity contribution in [1.82, 2.24) is 0 Å². The van der Waals surface area contributed by atoms with Crippen molar-refractivity contribution in [2.45, 2.75) is 6.92 Å². The summed E-state index contributed by atoms with van der Waals surface area (Å²) >= 11 is 6.74. The summed E-state index contributed by atoms with van der Waals surface area (Å²) < 4.78 is 6.70. The van der Waals surface area contributed by atoms with Gasteiger partial charge < -0.3 is 15.8 Å². The van der Waals surface area contributed by atoms with E-state index in [1.165, 1.54) is 0 Å². The molecule has 0 radical (unpaired) electrons. The van der Waals surface area contributed by atoms with E-state index in [1.54, 1.807) is 31.4 Å². The first kappa shape index (κ1) is 15.9. The van der Waals surface area contributed by atoms with E-state index in [1.807, 2.05) is 13.0 Å². The zero-order valence-corrected chi connectivity index (χ0v) is 14.7. The number of anilines is 2. The fourth-order valence-corrected chi connectivity index (χ4v) is 2.94. The second kappa shape index (κ2) is 6.49. The van der Waals surface area contributed by atoms with E-state index in [0.717, 1.165) is 10.0 Å². The molecule has 2 rings (SSSR count). The van der Waals surface area contributed by atoms with E-state index in [9.17, 15) is 4.79 Å². The monoisotopic (exact) mass is 412 g/mol. The fourth-order valence-electron chi connectivity index (χ4n) is 1.93. The molecule has 0 aliphatic rings. The van der Waals surface area contributed by atoms with Gasteiger partial charge in [0.2, 0.25) is 0 Å². The molecule has 0 atom stereocenters. The number of nitrogen functional groups attached to an aromatic ring is 1. The summed E-state index contributed by atoms with van der Waals surface area (Å²) in [4.78, 5) is 12.4. The average molecular weight is 414 g/mol. The summed E-state index contributed by atoms with van der Waals surface area (Å²) in [7, 11) is 1.56. The first-order valence-electron chi connectivity index (χ1n) is 6.13. The molecule has 0 heterocycles. The highest BCUT2D eigenvalue weighted by Gasteiger charge is 2.14. The van der Waals surface area contributed by atoms with Crippen LogP contribution in [0.15, 0.2) is 39.3 Å². The maximum Gasteiger partial charge on any atom is 0.257 e. The number of carbonyl (C=O) groups is 1. The lowest BCUT2D eigenvalue weighted by Crippen LogP contribution is -2.15. The first-order chi connectivity index (χ1) is 9.92. The summed E-state index contributed by atoms with van der Waals surface area (Å²) in [5.74, 6) is 0.363. The van der Waals surface area contributed by atoms with Crippen molar-refractivity contribution >= 4 is 49.1 Å². The van der Waals surface area contributed by atoms with Crippen LogP contribution in [0.2, 0.25) is 0 Å². The molecule has 4 nitrogen and oxygen atoms in total. The lowest BCUT2D eigenvalue weighted by atomic mass is 10.1. The van der Waals surface area contributed by atoms with Gasteiger partial charge in [0.05, 0.1) is 24.0 Å². The summed E-state index contributed by atoms with van der Waals surface area (Å²) in [6.45, 7) is 1.89. The molecule has 0 fully saturated rings. The van der Waals surface area contributed by atoms with Gasteiger partial charge in [-0.25, -0.2) is 0 Å². The van der Waals surface area contributed by atoms with Gasteiger partial charge in [-0.3, -0.25) is 4.79 Å². The van der Waals surface area contributed by atoms with Gasteiger partial charge in [0.25, 0.3) is 5.91 Å². The third kappa shape index (κ3) is 3.57. The minimum Gasteiger partial charge on any atom is -0.497 e. The van der Waals surface area contributed by atoms with Crippen LogP contribution in [-0.2, 0) is 0 Å². The number of amides is 1. The molecule has 6 heteroatoms. The third-order valence-electron chi connectivity index (χ3n) is 2.99. The normalized spacial score (nSPS) is 10.3. The molecular formula is C15H14Br2N2O2. The standard InChI is InChI=1S/C15H14Br2N2O2/c1-8-5-9(16)6-13(18)14(8)19-15(20)11-7-10(21-2)3-4-12(11)17/h3-7H,18H2,1-2H3,(H,19,20). The minimum absolute atomic E-state index is 0.252. The number of nitrogens with two attached hydrogens (primary N) is 1. The molecule has 0 spiro atoms. The van der Waals surface area contributed by atoms with Gasteiger partial charge in [-0.05, 0) is 58.7 Å². The highest BCUT2D eigenvalue weighted by molar-refractivity contribution is 9.10. The molecule has 0 aliphatic heterocycles. The molecule has 21 heavy (non-hydrogen) atoms. The molecule has 0 aromatic heterocycles. The predicted molar refractivity (Wildman–Crippen MR) is 91.9 cm³/mol. The second-order valence-electron chi connectivity index (χ2n) is 4.49. The quantitative estimate of drug-likeness (QED) is 0.734. The number of methoxy groups -OCH3 is 1. The molecule has 2 aromatic carbocycles. The Morgan fingerprint density at radius 3 is 2.57 bits per heavy atom. The van der Waals surface area contributed by atoms with Gasteiger partial charge in [-0.2, -0.15) is 0 Å². The topological polar surface area (TPSA) is 64.3 Å². The van der Waals surface area contributed by atoms with E-state index in [-0.39, 0.29) is 5.91 Å². The van der Waals surface area contributed by atoms with Crippen LogP contribution in [-0.4, -0.2) is 13.0 Å². The Hall–Kier alpha value is -1.53. The van der Waals surface area contributed by atoms with Crippen LogP contribution in [0.1, 0.15) is 15.9 Å². The highest BCUT2D eigenvalue weighted by Crippen LogP contribution is 2.29. The number of hydrogen-bond donors (Lipinski definition) is 2. The Bertz CT molecular complexity index is 679. The summed E-state index contributed by atoms with van der Waals surface area (Å²) in [6, 6.07) is 8.87. The van der Waals surface area contributed by atoms with E-state index in [0.29, 0.717) is 27.2 Å². The van der Waals surface area contributed by atoms with Crippen molar-refractivity contribution in [3.8, 4) is 5.75 Å². The molecule has 1 amide bonds. The minimum atomic E-state index is -0.252. The van der Waals surface area contributed by atoms with Crippen molar-refractivity contribution < 1.29 is 9.53 Å². The molecular weight excluding hydrogens is 400 g/mol. The Labute approximate surface area is 139 Å². The average Bonchev–Trinajstić information content (AvgIpc) is 2.43. The molecule has 0 saturated carbocycles. The van der Waals surface area contributed by atoms with E-state index in [2.05, 4.69) is 37.2 Å². The molecule has 0 saturated heterocycles. The Morgan fingerprint density at radius 2 is 1.95 bits per heavy atom. The van der Waals surface area contributed by atoms with E-state index in [4.69, 9.17) is 10.5 Å². The molecule has 0 aliphatic carbocycles. The Balaban J connectivity index is 2.35. The fraction of sp³-hybridized carbons (Fsp3) is 0.133. The van der Waals surface area contributed by atoms with Crippen LogP contribution in [0.5, 0.6) is 5.75 Å². The van der Waals surface area contributed by atoms with E-state index < -0.39 is 0 Å². The van der Waals surface area contributed by atoms with Crippen LogP contribution in [0.25, 0.3) is 0 Å². The number of benzene rings is 2. The van der Waals surface area contributed by atoms with Crippen LogP contribution in [0.4, 0.5) is 11.4 Å². The van der Waals surface area contributed by atoms with Crippen molar-refractivity contribution in [1.29, 1.82) is 0 Å². The molecule has 110 valence electrons. The Kier molecular flexibility index (Phi) is 4.90. The van der Waals surface area contributed by atoms with Crippen molar-refractivity contribution in [2.24, 2.45) is 0 Å². The number of nitrogens with one attached hydrogen (secondary N) is 1. The molecule has 0 unspecified atom stereocenters. The largest absolute Gasteiger partial charge is 0.497 e. The first-order valence-corrected chi connectivity index (χ1v) is 7.71. The van der Waals surface area contributed by atoms with Gasteiger partial charge in [0.15, 0.2) is 0 Å². The molecule has 3 N–H and O–H groups in total. The van der Waals surface area contributed by atoms with Gasteiger partial charge in [-0.1, -0.05) is 15.9 Å². The van der Waals surface area contributed by atoms with E-state index >= 15 is 0 Å². The van der Waals surface area contributed by atoms with Crippen molar-refractivity contribution in [3.05, 3.63) is 50.4 Å². The molecule has 2 aromatic rings. The highest BCUT2D eigenvalue weighted by atomic mass is 79.9. The Morgan fingerprint density at radius 1 is 1.24 bits per heavy atom. The van der Waals surface area contributed by atoms with Gasteiger partial charge in [0, 0.05) is 8.95 Å². The number of carbonyl (C=O) groups excluding carboxylic acids is 1. The summed E-state index contributed by atoms with van der Waals surface area (Å²) in [5.41, 5.74) is 8.45. The van der Waals surface area contributed by atoms with Crippen LogP contribution in [0.3, 0.4) is 0 Å². The van der Waals surface area contributed by atoms with Crippen LogP contribution < -0.4 is 15.8 Å². The SMILES string of the molecule is COc1ccc(Br)c(C(=O)Nc2c(C)cc(Br)cc2N)c1. The smallest absolute Gasteiger partial charge is 0.257 e. The van der Waals surface area contributed by atoms with Gasteiger partial charge in [0.1, 0.15) is 5.75 Å². The molecule has 0 bridgehead atoms. The van der Waals surface area contributed by atoms with Gasteiger partial charge >= 0.3 is 0 Å². The summed E-state index contributed by atoms with van der Waals surface area (Å²) in [6.07, 6.45) is 0. The lowest BCUT2D eigenvalue weighted by molar-refractivity contribution is 0.102. The van der Waals surface area contributed by atoms with Gasteiger partial charge in [-0.15, -0.1) is 0 Å². The number of ether oxygens (including phenoxy) is 1. The number of aryl methyl sites for hydroxylation is 1. The number of hydrogen-bond acceptors (Lipinski definition) is 3. The maximum atomic E-state index is 12.4. The van der Waals surface area contributed by atoms with Crippen LogP contribution >= 0.6 is 31.9 Å². The zero-order valence-electron chi connectivity index (χ0n) is 11.5. The lowest BCUT2D eigenvalue weighted by Gasteiger charge is -2.13. The number of rotatable bonds is 3. The van der Waals surface area contributed by atoms with Crippen LogP contribution in [0, 0.1) is 6.92 Å². The predicted octanol–water partition coefficient (Wildman–Crippen LogP) is 4.36. The number of halogens is 2. The van der Waals surface area contributed by atoms with Crippen molar-refractivity contribution in [3.63, 3.8) is 0 Å². The summed E-state index contributed by atoms with van der Waals surface area (Å²) in [5, 5.41) is 2.84. The second-order valence-corrected chi connectivity index (χ2v) is 6.26. The zero-order chi connectivity index (χ0) is 15.6. The third-order valence-corrected chi connectivity index (χ3v) is 4.14. The van der Waals surface area contributed by atoms with Crippen molar-refractivity contribution in [2.75, 3.05) is 18.2 Å².